The molecule has 6 amide bonds. The Morgan fingerprint density at radius 1 is 0.311 bits per heavy atom. The molecule has 0 saturated heterocycles. The maximum absolute atomic E-state index is 14.1. The number of benzene rings is 6. The highest BCUT2D eigenvalue weighted by atomic mass is 79.9. The van der Waals surface area contributed by atoms with E-state index in [1.54, 1.807) is 92.7 Å². The van der Waals surface area contributed by atoms with Crippen LogP contribution in [0, 0.1) is 59.0 Å². The van der Waals surface area contributed by atoms with E-state index in [4.69, 9.17) is 117 Å². The molecule has 3 unspecified atom stereocenters. The van der Waals surface area contributed by atoms with Crippen molar-refractivity contribution in [3.05, 3.63) is 265 Å². The van der Waals surface area contributed by atoms with Gasteiger partial charge >= 0.3 is 46.9 Å². The van der Waals surface area contributed by atoms with Crippen LogP contribution in [0.15, 0.2) is 155 Å². The Hall–Kier alpha value is -5.90. The summed E-state index contributed by atoms with van der Waals surface area (Å²) in [7, 11) is -28.3. The minimum atomic E-state index is -4.89. The van der Waals surface area contributed by atoms with Crippen LogP contribution < -0.4 is 31.9 Å². The van der Waals surface area contributed by atoms with E-state index in [-0.39, 0.29) is 74.8 Å². The first kappa shape index (κ1) is 131. The number of aryl methyl sites for hydroxylation is 6. The van der Waals surface area contributed by atoms with Crippen LogP contribution in [0.4, 0.5) is 47.3 Å². The second-order valence-electron chi connectivity index (χ2n) is 29.0. The van der Waals surface area contributed by atoms with Crippen molar-refractivity contribution in [2.24, 2.45) is 0 Å². The molecule has 0 aliphatic rings. The highest BCUT2D eigenvalue weighted by Crippen LogP contribution is 2.47. The van der Waals surface area contributed by atoms with E-state index in [9.17, 15) is 69.3 Å². The van der Waals surface area contributed by atoms with Crippen LogP contribution in [0.1, 0.15) is 143 Å². The van der Waals surface area contributed by atoms with Crippen molar-refractivity contribution in [2.75, 3.05) is 31.9 Å². The molecule has 0 saturated carbocycles. The zero-order chi connectivity index (χ0) is 111. The second-order valence-corrected chi connectivity index (χ2v) is 46.0. The number of aromatic nitrogens is 12. The number of phosphoric ester groups is 6. The lowest BCUT2D eigenvalue weighted by Gasteiger charge is -2.14. The Morgan fingerprint density at radius 3 is 0.730 bits per heavy atom. The predicted molar refractivity (Wildman–Crippen MR) is 570 cm³/mol. The minimum absolute atomic E-state index is 0. The summed E-state index contributed by atoms with van der Waals surface area (Å²) in [6, 6.07) is 28.9. The van der Waals surface area contributed by atoms with Gasteiger partial charge in [0.05, 0.1) is 76.6 Å². The summed E-state index contributed by atoms with van der Waals surface area (Å²) in [6.45, 7) is 13.1. The van der Waals surface area contributed by atoms with E-state index in [1.165, 1.54) is 44.2 Å². The summed E-state index contributed by atoms with van der Waals surface area (Å²) in [5.74, 6) is -6.58. The first-order valence-electron chi connectivity index (χ1n) is 39.1. The Morgan fingerprint density at radius 2 is 0.507 bits per heavy atom. The van der Waals surface area contributed by atoms with E-state index in [1.807, 2.05) is 27.7 Å². The van der Waals surface area contributed by atoms with Crippen molar-refractivity contribution in [1.29, 1.82) is 0 Å². The van der Waals surface area contributed by atoms with Gasteiger partial charge in [0.25, 0.3) is 35.4 Å². The first-order valence-corrected chi connectivity index (χ1v) is 58.1. The molecule has 12 aromatic rings. The fraction of sp³-hybridized carbons (Fsp3) is 0.211. The molecule has 0 bridgehead atoms. The summed E-state index contributed by atoms with van der Waals surface area (Å²) in [5.41, 5.74) is 5.61. The summed E-state index contributed by atoms with van der Waals surface area (Å²) in [5, 5.41) is 39.2. The molecule has 0 radical (unpaired) electrons. The third-order valence-electron chi connectivity index (χ3n) is 17.4. The third kappa shape index (κ3) is 39.8. The molecule has 18 N–H and O–H groups in total. The lowest BCUT2D eigenvalue weighted by Crippen LogP contribution is -2.16. The largest absolute Gasteiger partial charge is 0.471 e. The lowest BCUT2D eigenvalue weighted by molar-refractivity contribution is 0.0841. The van der Waals surface area contributed by atoms with Crippen LogP contribution in [0.3, 0.4) is 0 Å². The average Bonchev–Trinajstić information content (AvgIpc) is 1.56. The van der Waals surface area contributed by atoms with Gasteiger partial charge in [0.2, 0.25) is 0 Å². The molecule has 48 nitrogen and oxygen atoms in total. The number of phosphoric acid groups is 6. The number of amides is 6. The molecule has 0 spiro atoms. The van der Waals surface area contributed by atoms with Crippen molar-refractivity contribution in [1.82, 2.24) is 58.7 Å². The van der Waals surface area contributed by atoms with Crippen LogP contribution in [-0.2, 0) is 74.7 Å². The van der Waals surface area contributed by atoms with Gasteiger partial charge in [-0.25, -0.2) is 68.7 Å². The number of anilines is 6. The number of hydrogen-bond acceptors (Lipinski definition) is 24. The third-order valence-corrected chi connectivity index (χ3v) is 32.4. The fourth-order valence-electron chi connectivity index (χ4n) is 10.8. The molecule has 0 aliphatic carbocycles. The Labute approximate surface area is 943 Å². The van der Waals surface area contributed by atoms with Crippen LogP contribution in [0.2, 0.25) is 25.2 Å². The molecule has 3 atom stereocenters. The van der Waals surface area contributed by atoms with Crippen LogP contribution in [0.25, 0.3) is 0 Å². The normalized spacial score (nSPS) is 12.2. The van der Waals surface area contributed by atoms with Crippen LogP contribution >= 0.6 is 264 Å². The molecule has 12 rings (SSSR count). The van der Waals surface area contributed by atoms with Crippen LogP contribution in [0.5, 0.6) is 0 Å². The maximum Gasteiger partial charge on any atom is 0.471 e. The van der Waals surface area contributed by atoms with Gasteiger partial charge in [-0.15, -0.1) is 0 Å². The number of hydrogen-bond donors (Lipinski definition) is 18. The predicted octanol–water partition coefficient (Wildman–Crippen LogP) is 22.7. The minimum Gasteiger partial charge on any atom is -0.319 e. The number of nitrogens with one attached hydrogen (secondary N) is 6. The number of nitrogens with zero attached hydrogens (tertiary/aromatic N) is 12. The molecule has 6 aromatic carbocycles. The van der Waals surface area contributed by atoms with Gasteiger partial charge in [-0.3, -0.25) is 55.9 Å². The van der Waals surface area contributed by atoms with E-state index < -0.39 is 150 Å². The highest BCUT2D eigenvalue weighted by molar-refractivity contribution is 9.14. The second kappa shape index (κ2) is 56.1. The highest BCUT2D eigenvalue weighted by Gasteiger charge is 2.35. The maximum atomic E-state index is 14.1. The van der Waals surface area contributed by atoms with E-state index in [0.717, 1.165) is 52.6 Å². The lowest BCUT2D eigenvalue weighted by atomic mass is 10.2. The van der Waals surface area contributed by atoms with E-state index in [2.05, 4.69) is 249 Å². The fourth-order valence-corrected chi connectivity index (χ4v) is 19.0. The zero-order valence-corrected chi connectivity index (χ0v) is 99.8. The number of rotatable bonds is 30. The molecule has 0 fully saturated rings. The first-order chi connectivity index (χ1) is 67.7. The smallest absolute Gasteiger partial charge is 0.319 e. The molecule has 6 heterocycles. The SMILES string of the molecule is C.Cc1ccc(NC(=O)c2nn(C(C)OP(=O)(O)O)c(Br)c2Br)c(Cl)c1.Cc1ccc(NC(=O)c2nn(C(C)OP(=O)(O)O)c(Br)c2Br)c(Cl)c1.Cc1ccc(NC(=O)c2nn(C(C)OP(=O)(O)O)c(Cl)c2F)c(F)c1.Cc1ccc(NC(=O)c2nn(COP(=O)(O)O)c(Br)c2Br)c(Cl)c1.Cc1ccc(NC(=O)c2nn(COP(=O)(O)O)c(Br)c2Br)c(Cl)c1.Cc1ccc(NC(=O)c2nn(COP(=O)(O)O)c(Br)c2Br)c(F)c1. The van der Waals surface area contributed by atoms with Gasteiger partial charge in [-0.2, -0.15) is 30.6 Å². The Balaban J connectivity index is 0.000000271. The molecule has 806 valence electrons. The summed E-state index contributed by atoms with van der Waals surface area (Å²) < 4.78 is 142. The molecule has 6 aromatic heterocycles. The van der Waals surface area contributed by atoms with Crippen molar-refractivity contribution in [2.45, 2.75) is 109 Å². The Bertz CT molecular complexity index is 6640. The standard InChI is InChI=1S/2C13H13Br2ClN3O5P.C13H13ClF2N3O5P.2C12H11Br2ClN3O5P.C12H11Br2FN3O5P.CH4/c2*1-6-3-4-9(8(16)5-6)17-13(20)11-10(14)12(15)19(18-11)7(2)24-25(21,22)23;1-6-3-4-9(8(15)5-6)17-13(20)11-10(16)12(14)19(18-11)7(2)24-25(21,22)23;3*1-6-2-3-8(7(15)4-6)16-12(19)10-9(13)11(14)18(17-10)5-23-24(20,21)22;/h3*3-5,7H,1-2H3,(H,17,20)(H2,21,22,23);3*2-4H,5H2,1H3,(H,16,19)(H2,20,21,22);1H4. The van der Waals surface area contributed by atoms with Gasteiger partial charge < -0.3 is 90.6 Å². The molecule has 0 aliphatic heterocycles. The molecule has 148 heavy (non-hydrogen) atoms. The topological polar surface area (TPSA) is 682 Å². The number of carbonyl (C=O) groups is 6. The number of carbonyl (C=O) groups excluding carboxylic acids is 6. The van der Waals surface area contributed by atoms with E-state index >= 15 is 0 Å². The van der Waals surface area contributed by atoms with Gasteiger partial charge in [-0.05, 0) is 328 Å². The monoisotopic (exact) mass is 2930 g/mol. The zero-order valence-electron chi connectivity index (χ0n) is 74.8. The van der Waals surface area contributed by atoms with Crippen molar-refractivity contribution in [3.63, 3.8) is 0 Å². The van der Waals surface area contributed by atoms with Crippen molar-refractivity contribution < 1.29 is 155 Å². The van der Waals surface area contributed by atoms with Crippen LogP contribution in [-0.4, -0.2) is 153 Å². The quantitative estimate of drug-likeness (QED) is 0.0186. The average molecular weight is 2940 g/mol. The number of halogens is 18. The summed E-state index contributed by atoms with van der Waals surface area (Å²) in [4.78, 5) is 179. The van der Waals surface area contributed by atoms with Gasteiger partial charge in [0.1, 0.15) is 34.7 Å². The van der Waals surface area contributed by atoms with Crippen molar-refractivity contribution in [3.8, 4) is 0 Å². The summed E-state index contributed by atoms with van der Waals surface area (Å²) in [6.07, 6.45) is -3.69. The molecular formula is C76H76Br10Cl5F3N18O30P6. The van der Waals surface area contributed by atoms with Gasteiger partial charge in [0, 0.05) is 0 Å². The Kier molecular flexibility index (Phi) is 49.6. The van der Waals surface area contributed by atoms with Gasteiger partial charge in [-0.1, -0.05) is 102 Å². The molecule has 72 heteroatoms. The summed E-state index contributed by atoms with van der Waals surface area (Å²) >= 11 is 61.8. The van der Waals surface area contributed by atoms with E-state index in [0.29, 0.717) is 76.5 Å². The molecular weight excluding hydrogens is 2860 g/mol. The van der Waals surface area contributed by atoms with Crippen molar-refractivity contribution >= 4 is 334 Å². The van der Waals surface area contributed by atoms with Gasteiger partial charge in [0.15, 0.2) is 84.0 Å².